The number of thiophene rings is 1. The molecule has 0 aromatic carbocycles. The van der Waals surface area contributed by atoms with Crippen molar-refractivity contribution < 1.29 is 4.79 Å². The Morgan fingerprint density at radius 3 is 2.65 bits per heavy atom. The van der Waals surface area contributed by atoms with Crippen LogP contribution < -0.4 is 5.32 Å². The lowest BCUT2D eigenvalue weighted by Crippen LogP contribution is -2.33. The summed E-state index contributed by atoms with van der Waals surface area (Å²) in [6, 6.07) is 2.36. The Balaban J connectivity index is 1.98. The molecule has 0 saturated heterocycles. The lowest BCUT2D eigenvalue weighted by Gasteiger charge is -2.17. The van der Waals surface area contributed by atoms with Crippen LogP contribution in [0.25, 0.3) is 0 Å². The molecule has 3 heteroatoms. The van der Waals surface area contributed by atoms with Crippen molar-refractivity contribution in [2.75, 3.05) is 0 Å². The van der Waals surface area contributed by atoms with Gasteiger partial charge < -0.3 is 5.32 Å². The standard InChI is InChI=1S/C14H21NOS/c1-9-7-12(17-10(9)2)13(16)15-11-5-6-14(3,4)8-11/h7,11H,5-6,8H2,1-4H3,(H,15,16). The average Bonchev–Trinajstić information content (AvgIpc) is 2.71. The first-order chi connectivity index (χ1) is 7.87. The van der Waals surface area contributed by atoms with Crippen LogP contribution in [0.5, 0.6) is 0 Å². The maximum atomic E-state index is 12.1. The number of aryl methyl sites for hydroxylation is 2. The minimum atomic E-state index is 0.105. The Morgan fingerprint density at radius 2 is 2.18 bits per heavy atom. The summed E-state index contributed by atoms with van der Waals surface area (Å²) in [4.78, 5) is 14.2. The number of rotatable bonds is 2. The zero-order valence-corrected chi connectivity index (χ0v) is 11.9. The molecule has 1 atom stereocenters. The predicted molar refractivity (Wildman–Crippen MR) is 72.7 cm³/mol. The molecule has 1 N–H and O–H groups in total. The van der Waals surface area contributed by atoms with Crippen LogP contribution in [0.15, 0.2) is 6.07 Å². The molecule has 1 aromatic heterocycles. The van der Waals surface area contributed by atoms with E-state index >= 15 is 0 Å². The van der Waals surface area contributed by atoms with Gasteiger partial charge in [-0.05, 0) is 50.2 Å². The van der Waals surface area contributed by atoms with Gasteiger partial charge in [-0.15, -0.1) is 11.3 Å². The van der Waals surface area contributed by atoms with Crippen LogP contribution in [0.4, 0.5) is 0 Å². The molecular weight excluding hydrogens is 230 g/mol. The van der Waals surface area contributed by atoms with E-state index in [0.29, 0.717) is 11.5 Å². The van der Waals surface area contributed by atoms with Crippen molar-refractivity contribution >= 4 is 17.2 Å². The van der Waals surface area contributed by atoms with E-state index in [9.17, 15) is 4.79 Å². The minimum Gasteiger partial charge on any atom is -0.349 e. The molecule has 1 amide bonds. The first kappa shape index (κ1) is 12.6. The highest BCUT2D eigenvalue weighted by molar-refractivity contribution is 7.14. The first-order valence-corrected chi connectivity index (χ1v) is 7.07. The first-order valence-electron chi connectivity index (χ1n) is 6.25. The van der Waals surface area contributed by atoms with Crippen molar-refractivity contribution in [3.8, 4) is 0 Å². The van der Waals surface area contributed by atoms with E-state index in [-0.39, 0.29) is 5.91 Å². The van der Waals surface area contributed by atoms with Crippen molar-refractivity contribution in [2.45, 2.75) is 53.0 Å². The number of amides is 1. The van der Waals surface area contributed by atoms with Gasteiger partial charge in [0.2, 0.25) is 0 Å². The minimum absolute atomic E-state index is 0.105. The lowest BCUT2D eigenvalue weighted by atomic mass is 9.92. The molecule has 2 nitrogen and oxygen atoms in total. The van der Waals surface area contributed by atoms with E-state index in [1.807, 2.05) is 6.07 Å². The summed E-state index contributed by atoms with van der Waals surface area (Å²) in [5.41, 5.74) is 1.60. The molecule has 1 unspecified atom stereocenters. The van der Waals surface area contributed by atoms with Gasteiger partial charge in [-0.25, -0.2) is 0 Å². The Labute approximate surface area is 107 Å². The van der Waals surface area contributed by atoms with E-state index in [2.05, 4.69) is 33.0 Å². The monoisotopic (exact) mass is 251 g/mol. The van der Waals surface area contributed by atoms with Crippen molar-refractivity contribution in [2.24, 2.45) is 5.41 Å². The third-order valence-electron chi connectivity index (χ3n) is 3.69. The highest BCUT2D eigenvalue weighted by Gasteiger charge is 2.31. The van der Waals surface area contributed by atoms with E-state index < -0.39 is 0 Å². The fraction of sp³-hybridized carbons (Fsp3) is 0.643. The Hall–Kier alpha value is -0.830. The molecule has 0 spiro atoms. The highest BCUT2D eigenvalue weighted by Crippen LogP contribution is 2.37. The third kappa shape index (κ3) is 2.89. The Morgan fingerprint density at radius 1 is 1.47 bits per heavy atom. The molecule has 1 aromatic rings. The van der Waals surface area contributed by atoms with E-state index in [1.165, 1.54) is 16.9 Å². The summed E-state index contributed by atoms with van der Waals surface area (Å²) in [6.07, 6.45) is 3.42. The number of carbonyl (C=O) groups excluding carboxylic acids is 1. The second-order valence-corrected chi connectivity index (χ2v) is 7.18. The Bertz CT molecular complexity index is 414. The van der Waals surface area contributed by atoms with Gasteiger partial charge >= 0.3 is 0 Å². The second-order valence-electron chi connectivity index (χ2n) is 5.93. The van der Waals surface area contributed by atoms with Gasteiger partial charge in [-0.1, -0.05) is 13.8 Å². The largest absolute Gasteiger partial charge is 0.349 e. The topological polar surface area (TPSA) is 29.1 Å². The zero-order chi connectivity index (χ0) is 12.6. The van der Waals surface area contributed by atoms with Gasteiger partial charge in [0.15, 0.2) is 0 Å². The molecule has 2 rings (SSSR count). The normalized spacial score (nSPS) is 22.7. The molecule has 94 valence electrons. The molecule has 1 heterocycles. The molecule has 1 fully saturated rings. The fourth-order valence-corrected chi connectivity index (χ4v) is 3.44. The van der Waals surface area contributed by atoms with Crippen molar-refractivity contribution in [1.29, 1.82) is 0 Å². The maximum absolute atomic E-state index is 12.1. The molecule has 1 aliphatic rings. The summed E-state index contributed by atoms with van der Waals surface area (Å²) in [6.45, 7) is 8.67. The third-order valence-corrected chi connectivity index (χ3v) is 4.84. The zero-order valence-electron chi connectivity index (χ0n) is 11.1. The van der Waals surface area contributed by atoms with Crippen LogP contribution in [0.1, 0.15) is 53.2 Å². The van der Waals surface area contributed by atoms with Gasteiger partial charge in [0.1, 0.15) is 0 Å². The van der Waals surface area contributed by atoms with Crippen LogP contribution >= 0.6 is 11.3 Å². The van der Waals surface area contributed by atoms with Gasteiger partial charge in [-0.2, -0.15) is 0 Å². The van der Waals surface area contributed by atoms with Gasteiger partial charge in [0, 0.05) is 10.9 Å². The number of hydrogen-bond acceptors (Lipinski definition) is 2. The van der Waals surface area contributed by atoms with Crippen molar-refractivity contribution in [3.05, 3.63) is 21.4 Å². The average molecular weight is 251 g/mol. The quantitative estimate of drug-likeness (QED) is 0.853. The number of hydrogen-bond donors (Lipinski definition) is 1. The smallest absolute Gasteiger partial charge is 0.261 e. The molecular formula is C14H21NOS. The van der Waals surface area contributed by atoms with E-state index in [4.69, 9.17) is 0 Å². The SMILES string of the molecule is Cc1cc(C(=O)NC2CCC(C)(C)C2)sc1C. The van der Waals surface area contributed by atoms with Crippen LogP contribution in [0, 0.1) is 19.3 Å². The Kier molecular flexibility index (Phi) is 3.30. The van der Waals surface area contributed by atoms with Crippen LogP contribution in [-0.2, 0) is 0 Å². The van der Waals surface area contributed by atoms with E-state index in [0.717, 1.165) is 17.7 Å². The summed E-state index contributed by atoms with van der Waals surface area (Å²) in [7, 11) is 0. The predicted octanol–water partition coefficient (Wildman–Crippen LogP) is 3.67. The highest BCUT2D eigenvalue weighted by atomic mass is 32.1. The van der Waals surface area contributed by atoms with Gasteiger partial charge in [0.05, 0.1) is 4.88 Å². The van der Waals surface area contributed by atoms with E-state index in [1.54, 1.807) is 11.3 Å². The lowest BCUT2D eigenvalue weighted by molar-refractivity contribution is 0.0940. The number of nitrogens with one attached hydrogen (secondary N) is 1. The molecule has 0 bridgehead atoms. The van der Waals surface area contributed by atoms with Crippen LogP contribution in [0.2, 0.25) is 0 Å². The summed E-state index contributed by atoms with van der Waals surface area (Å²) in [5, 5.41) is 3.16. The van der Waals surface area contributed by atoms with Crippen molar-refractivity contribution in [1.82, 2.24) is 5.32 Å². The van der Waals surface area contributed by atoms with Gasteiger partial charge in [0.25, 0.3) is 5.91 Å². The van der Waals surface area contributed by atoms with Crippen molar-refractivity contribution in [3.63, 3.8) is 0 Å². The summed E-state index contributed by atoms with van der Waals surface area (Å²) >= 11 is 1.59. The summed E-state index contributed by atoms with van der Waals surface area (Å²) < 4.78 is 0. The van der Waals surface area contributed by atoms with Crippen LogP contribution in [0.3, 0.4) is 0 Å². The molecule has 1 aliphatic carbocycles. The second kappa shape index (κ2) is 4.45. The molecule has 1 saturated carbocycles. The molecule has 17 heavy (non-hydrogen) atoms. The number of carbonyl (C=O) groups is 1. The molecule has 0 radical (unpaired) electrons. The fourth-order valence-electron chi connectivity index (χ4n) is 2.50. The maximum Gasteiger partial charge on any atom is 0.261 e. The summed E-state index contributed by atoms with van der Waals surface area (Å²) in [5.74, 6) is 0.105. The van der Waals surface area contributed by atoms with Gasteiger partial charge in [-0.3, -0.25) is 4.79 Å². The van der Waals surface area contributed by atoms with Crippen LogP contribution in [-0.4, -0.2) is 11.9 Å². The molecule has 0 aliphatic heterocycles.